The predicted octanol–water partition coefficient (Wildman–Crippen LogP) is 4.29. The number of aromatic carboxylic acids is 1. The molecule has 0 atom stereocenters. The van der Waals surface area contributed by atoms with Gasteiger partial charge in [-0.05, 0) is 59.0 Å². The van der Waals surface area contributed by atoms with Gasteiger partial charge in [-0.1, -0.05) is 17.7 Å². The minimum absolute atomic E-state index is 0.0307. The van der Waals surface area contributed by atoms with Crippen LogP contribution in [0.25, 0.3) is 0 Å². The van der Waals surface area contributed by atoms with Crippen molar-refractivity contribution < 1.29 is 14.7 Å². The summed E-state index contributed by atoms with van der Waals surface area (Å²) in [5.74, 6) is -1.11. The Morgan fingerprint density at radius 2 is 1.86 bits per heavy atom. The third kappa shape index (κ3) is 4.33. The van der Waals surface area contributed by atoms with E-state index in [9.17, 15) is 9.59 Å². The molecule has 7 heteroatoms. The second-order valence-electron chi connectivity index (χ2n) is 4.08. The Morgan fingerprint density at radius 1 is 1.10 bits per heavy atom. The lowest BCUT2D eigenvalue weighted by Crippen LogP contribution is -2.21. The molecule has 2 amide bonds. The van der Waals surface area contributed by atoms with E-state index in [0.29, 0.717) is 10.7 Å². The molecular weight excluding hydrogens is 407 g/mol. The average Bonchev–Trinajstić information content (AvgIpc) is 2.40. The molecule has 108 valence electrons. The molecule has 0 saturated carbocycles. The Balaban J connectivity index is 2.15. The van der Waals surface area contributed by atoms with Crippen molar-refractivity contribution in [2.75, 3.05) is 10.6 Å². The van der Waals surface area contributed by atoms with Crippen LogP contribution in [0.4, 0.5) is 16.2 Å². The summed E-state index contributed by atoms with van der Waals surface area (Å²) in [6.07, 6.45) is 0. The summed E-state index contributed by atoms with van der Waals surface area (Å²) in [5, 5.41) is 14.7. The van der Waals surface area contributed by atoms with Crippen LogP contribution >= 0.6 is 34.2 Å². The number of carbonyl (C=O) groups is 2. The topological polar surface area (TPSA) is 78.4 Å². The standard InChI is InChI=1S/C14H10ClIN2O3/c15-8-2-1-3-10(6-8)17-14(21)18-12-5-4-9(16)7-11(12)13(19)20/h1-7H,(H,19,20)(H2,17,18,21). The molecule has 0 spiro atoms. The van der Waals surface area contributed by atoms with E-state index >= 15 is 0 Å². The highest BCUT2D eigenvalue weighted by Crippen LogP contribution is 2.20. The first-order valence-corrected chi connectivity index (χ1v) is 7.28. The van der Waals surface area contributed by atoms with Crippen LogP contribution in [-0.2, 0) is 0 Å². The summed E-state index contributed by atoms with van der Waals surface area (Å²) in [5.41, 5.74) is 0.771. The summed E-state index contributed by atoms with van der Waals surface area (Å²) >= 11 is 7.83. The molecule has 5 nitrogen and oxygen atoms in total. The van der Waals surface area contributed by atoms with Gasteiger partial charge in [0.25, 0.3) is 0 Å². The maximum absolute atomic E-state index is 11.9. The van der Waals surface area contributed by atoms with Crippen LogP contribution < -0.4 is 10.6 Å². The molecule has 3 N–H and O–H groups in total. The number of nitrogens with one attached hydrogen (secondary N) is 2. The molecule has 0 aliphatic carbocycles. The Morgan fingerprint density at radius 3 is 2.52 bits per heavy atom. The average molecular weight is 417 g/mol. The van der Waals surface area contributed by atoms with E-state index in [1.54, 1.807) is 36.4 Å². The number of anilines is 2. The maximum Gasteiger partial charge on any atom is 0.337 e. The number of hydrogen-bond acceptors (Lipinski definition) is 2. The van der Waals surface area contributed by atoms with E-state index in [-0.39, 0.29) is 11.3 Å². The Bertz CT molecular complexity index is 706. The van der Waals surface area contributed by atoms with Gasteiger partial charge in [0.1, 0.15) is 0 Å². The van der Waals surface area contributed by atoms with Gasteiger partial charge in [-0.3, -0.25) is 0 Å². The lowest BCUT2D eigenvalue weighted by molar-refractivity contribution is 0.0698. The molecule has 0 heterocycles. The predicted molar refractivity (Wildman–Crippen MR) is 90.2 cm³/mol. The Kier molecular flexibility index (Phi) is 5.03. The lowest BCUT2D eigenvalue weighted by atomic mass is 10.2. The highest BCUT2D eigenvalue weighted by molar-refractivity contribution is 14.1. The number of amides is 2. The van der Waals surface area contributed by atoms with Gasteiger partial charge in [-0.25, -0.2) is 9.59 Å². The second kappa shape index (κ2) is 6.77. The van der Waals surface area contributed by atoms with E-state index in [1.165, 1.54) is 6.07 Å². The zero-order valence-electron chi connectivity index (χ0n) is 10.6. The van der Waals surface area contributed by atoms with Crippen molar-refractivity contribution in [1.29, 1.82) is 0 Å². The maximum atomic E-state index is 11.9. The number of urea groups is 1. The summed E-state index contributed by atoms with van der Waals surface area (Å²) in [4.78, 5) is 23.1. The van der Waals surface area contributed by atoms with Crippen molar-refractivity contribution in [1.82, 2.24) is 0 Å². The summed E-state index contributed by atoms with van der Waals surface area (Å²) < 4.78 is 0.769. The molecule has 0 radical (unpaired) electrons. The van der Waals surface area contributed by atoms with Gasteiger partial charge < -0.3 is 15.7 Å². The van der Waals surface area contributed by atoms with Crippen LogP contribution in [-0.4, -0.2) is 17.1 Å². The van der Waals surface area contributed by atoms with E-state index in [2.05, 4.69) is 10.6 Å². The van der Waals surface area contributed by atoms with Crippen LogP contribution in [0, 0.1) is 3.57 Å². The first-order chi connectivity index (χ1) is 9.95. The number of carboxylic acids is 1. The molecule has 0 fully saturated rings. The van der Waals surface area contributed by atoms with E-state index in [4.69, 9.17) is 16.7 Å². The SMILES string of the molecule is O=C(Nc1cccc(Cl)c1)Nc1ccc(I)cc1C(=O)O. The fourth-order valence-corrected chi connectivity index (χ4v) is 2.33. The van der Waals surface area contributed by atoms with Crippen molar-refractivity contribution in [2.45, 2.75) is 0 Å². The Labute approximate surface area is 139 Å². The number of carboxylic acid groups (broad SMARTS) is 1. The zero-order valence-corrected chi connectivity index (χ0v) is 13.5. The smallest absolute Gasteiger partial charge is 0.337 e. The van der Waals surface area contributed by atoms with Crippen molar-refractivity contribution in [3.63, 3.8) is 0 Å². The zero-order chi connectivity index (χ0) is 15.4. The third-order valence-electron chi connectivity index (χ3n) is 2.54. The van der Waals surface area contributed by atoms with E-state index in [0.717, 1.165) is 3.57 Å². The fourth-order valence-electron chi connectivity index (χ4n) is 1.65. The highest BCUT2D eigenvalue weighted by atomic mass is 127. The van der Waals surface area contributed by atoms with Crippen LogP contribution in [0.1, 0.15) is 10.4 Å². The van der Waals surface area contributed by atoms with Gasteiger partial charge >= 0.3 is 12.0 Å². The molecule has 2 rings (SSSR count). The molecular formula is C14H10ClIN2O3. The minimum atomic E-state index is -1.11. The van der Waals surface area contributed by atoms with Gasteiger partial charge in [0.2, 0.25) is 0 Å². The first kappa shape index (κ1) is 15.6. The lowest BCUT2D eigenvalue weighted by Gasteiger charge is -2.10. The van der Waals surface area contributed by atoms with E-state index < -0.39 is 12.0 Å². The van der Waals surface area contributed by atoms with Crippen LogP contribution in [0.2, 0.25) is 5.02 Å². The fraction of sp³-hybridized carbons (Fsp3) is 0. The van der Waals surface area contributed by atoms with Crippen LogP contribution in [0.3, 0.4) is 0 Å². The van der Waals surface area contributed by atoms with Gasteiger partial charge in [0.15, 0.2) is 0 Å². The van der Waals surface area contributed by atoms with Crippen molar-refractivity contribution >= 4 is 57.6 Å². The molecule has 0 aliphatic rings. The molecule has 0 aliphatic heterocycles. The van der Waals surface area contributed by atoms with Crippen LogP contribution in [0.5, 0.6) is 0 Å². The minimum Gasteiger partial charge on any atom is -0.478 e. The van der Waals surface area contributed by atoms with Crippen molar-refractivity contribution in [2.24, 2.45) is 0 Å². The molecule has 0 bridgehead atoms. The van der Waals surface area contributed by atoms with Crippen LogP contribution in [0.15, 0.2) is 42.5 Å². The quantitative estimate of drug-likeness (QED) is 0.653. The molecule has 0 aromatic heterocycles. The number of rotatable bonds is 3. The third-order valence-corrected chi connectivity index (χ3v) is 3.45. The second-order valence-corrected chi connectivity index (χ2v) is 5.77. The Hall–Kier alpha value is -1.80. The van der Waals surface area contributed by atoms with E-state index in [1.807, 2.05) is 22.6 Å². The molecule has 21 heavy (non-hydrogen) atoms. The monoisotopic (exact) mass is 416 g/mol. The largest absolute Gasteiger partial charge is 0.478 e. The van der Waals surface area contributed by atoms with Gasteiger partial charge in [-0.2, -0.15) is 0 Å². The molecule has 2 aromatic rings. The molecule has 0 unspecified atom stereocenters. The normalized spacial score (nSPS) is 10.0. The number of benzene rings is 2. The molecule has 2 aromatic carbocycles. The molecule has 0 saturated heterocycles. The number of carbonyl (C=O) groups excluding carboxylic acids is 1. The van der Waals surface area contributed by atoms with Crippen molar-refractivity contribution in [3.8, 4) is 0 Å². The first-order valence-electron chi connectivity index (χ1n) is 5.82. The van der Waals surface area contributed by atoms with Gasteiger partial charge in [0.05, 0.1) is 11.3 Å². The van der Waals surface area contributed by atoms with Crippen molar-refractivity contribution in [3.05, 3.63) is 56.6 Å². The summed E-state index contributed by atoms with van der Waals surface area (Å²) in [6.45, 7) is 0. The summed E-state index contributed by atoms with van der Waals surface area (Å²) in [6, 6.07) is 10.9. The highest BCUT2D eigenvalue weighted by Gasteiger charge is 2.13. The number of halogens is 2. The summed E-state index contributed by atoms with van der Waals surface area (Å²) in [7, 11) is 0. The number of hydrogen-bond donors (Lipinski definition) is 3. The van der Waals surface area contributed by atoms with Gasteiger partial charge in [-0.15, -0.1) is 0 Å². The van der Waals surface area contributed by atoms with Gasteiger partial charge in [0, 0.05) is 14.3 Å².